The van der Waals surface area contributed by atoms with Crippen molar-refractivity contribution >= 4 is 35.2 Å². The Hall–Kier alpha value is -3.37. The van der Waals surface area contributed by atoms with Gasteiger partial charge in [0.25, 0.3) is 11.8 Å². The first kappa shape index (κ1) is 24.3. The van der Waals surface area contributed by atoms with Gasteiger partial charge in [-0.1, -0.05) is 80.3 Å². The van der Waals surface area contributed by atoms with E-state index in [9.17, 15) is 9.59 Å². The zero-order valence-electron chi connectivity index (χ0n) is 18.8. The third-order valence-electron chi connectivity index (χ3n) is 5.24. The SMILES string of the molecule is CCCCCCc1ccc(NC(=O)C(=Cc2ccc(Cl)cc2)NC(=O)c2ccccc2)cc1. The molecule has 2 N–H and O–H groups in total. The molecule has 170 valence electrons. The molecule has 0 unspecified atom stereocenters. The second-order valence-electron chi connectivity index (χ2n) is 7.89. The Morgan fingerprint density at radius 1 is 0.848 bits per heavy atom. The summed E-state index contributed by atoms with van der Waals surface area (Å²) < 4.78 is 0. The van der Waals surface area contributed by atoms with E-state index in [0.29, 0.717) is 16.3 Å². The molecule has 0 atom stereocenters. The summed E-state index contributed by atoms with van der Waals surface area (Å²) >= 11 is 5.97. The van der Waals surface area contributed by atoms with Crippen molar-refractivity contribution in [2.75, 3.05) is 5.32 Å². The quantitative estimate of drug-likeness (QED) is 0.256. The minimum Gasteiger partial charge on any atom is -0.321 e. The van der Waals surface area contributed by atoms with Crippen molar-refractivity contribution in [2.24, 2.45) is 0 Å². The summed E-state index contributed by atoms with van der Waals surface area (Å²) in [4.78, 5) is 25.8. The van der Waals surface area contributed by atoms with Gasteiger partial charge < -0.3 is 10.6 Å². The van der Waals surface area contributed by atoms with Crippen LogP contribution in [0.25, 0.3) is 6.08 Å². The average Bonchev–Trinajstić information content (AvgIpc) is 2.84. The molecule has 4 nitrogen and oxygen atoms in total. The van der Waals surface area contributed by atoms with Gasteiger partial charge in [-0.25, -0.2) is 0 Å². The predicted molar refractivity (Wildman–Crippen MR) is 136 cm³/mol. The zero-order chi connectivity index (χ0) is 23.5. The highest BCUT2D eigenvalue weighted by Gasteiger charge is 2.15. The monoisotopic (exact) mass is 460 g/mol. The lowest BCUT2D eigenvalue weighted by Crippen LogP contribution is -2.30. The van der Waals surface area contributed by atoms with E-state index < -0.39 is 5.91 Å². The van der Waals surface area contributed by atoms with Gasteiger partial charge in [0.1, 0.15) is 5.70 Å². The number of nitrogens with one attached hydrogen (secondary N) is 2. The summed E-state index contributed by atoms with van der Waals surface area (Å²) in [6, 6.07) is 23.7. The largest absolute Gasteiger partial charge is 0.321 e. The lowest BCUT2D eigenvalue weighted by atomic mass is 10.1. The van der Waals surface area contributed by atoms with E-state index in [1.165, 1.54) is 31.2 Å². The van der Waals surface area contributed by atoms with Crippen LogP contribution in [0.1, 0.15) is 54.1 Å². The Bertz CT molecular complexity index is 1080. The molecule has 3 aromatic rings. The lowest BCUT2D eigenvalue weighted by molar-refractivity contribution is -0.113. The summed E-state index contributed by atoms with van der Waals surface area (Å²) in [7, 11) is 0. The smallest absolute Gasteiger partial charge is 0.272 e. The van der Waals surface area contributed by atoms with Gasteiger partial charge in [0.2, 0.25) is 0 Å². The maximum absolute atomic E-state index is 13.1. The summed E-state index contributed by atoms with van der Waals surface area (Å²) in [5.74, 6) is -0.752. The fourth-order valence-corrected chi connectivity index (χ4v) is 3.50. The number of benzene rings is 3. The number of hydrogen-bond donors (Lipinski definition) is 2. The number of unbranched alkanes of at least 4 members (excludes halogenated alkanes) is 3. The first-order chi connectivity index (χ1) is 16.0. The number of halogens is 1. The summed E-state index contributed by atoms with van der Waals surface area (Å²) in [6.07, 6.45) is 7.54. The van der Waals surface area contributed by atoms with E-state index in [2.05, 4.69) is 17.6 Å². The van der Waals surface area contributed by atoms with Crippen LogP contribution in [0.4, 0.5) is 5.69 Å². The van der Waals surface area contributed by atoms with Gasteiger partial charge in [-0.15, -0.1) is 0 Å². The Labute approximate surface area is 200 Å². The Morgan fingerprint density at radius 3 is 2.21 bits per heavy atom. The molecule has 0 saturated heterocycles. The minimum atomic E-state index is -0.398. The van der Waals surface area contributed by atoms with Crippen LogP contribution in [-0.4, -0.2) is 11.8 Å². The fraction of sp³-hybridized carbons (Fsp3) is 0.214. The van der Waals surface area contributed by atoms with Crippen molar-refractivity contribution in [1.29, 1.82) is 0 Å². The molecular weight excluding hydrogens is 432 g/mol. The van der Waals surface area contributed by atoms with Crippen LogP contribution in [0.5, 0.6) is 0 Å². The summed E-state index contributed by atoms with van der Waals surface area (Å²) in [5.41, 5.74) is 3.29. The standard InChI is InChI=1S/C28H29ClN2O2/c1-2-3-4-6-9-21-14-18-25(19-15-21)30-28(33)26(20-22-12-16-24(29)17-13-22)31-27(32)23-10-7-5-8-11-23/h5,7-8,10-20H,2-4,6,9H2,1H3,(H,30,33)(H,31,32). The number of aryl methyl sites for hydroxylation is 1. The highest BCUT2D eigenvalue weighted by atomic mass is 35.5. The molecule has 33 heavy (non-hydrogen) atoms. The first-order valence-corrected chi connectivity index (χ1v) is 11.7. The Morgan fingerprint density at radius 2 is 1.55 bits per heavy atom. The first-order valence-electron chi connectivity index (χ1n) is 11.3. The van der Waals surface area contributed by atoms with E-state index in [-0.39, 0.29) is 11.6 Å². The molecule has 3 rings (SSSR count). The normalized spacial score (nSPS) is 11.2. The molecule has 0 bridgehead atoms. The molecule has 5 heteroatoms. The molecule has 0 aliphatic carbocycles. The van der Waals surface area contributed by atoms with Crippen LogP contribution < -0.4 is 10.6 Å². The maximum atomic E-state index is 13.1. The Balaban J connectivity index is 1.73. The van der Waals surface area contributed by atoms with Gasteiger partial charge in [0.15, 0.2) is 0 Å². The van der Waals surface area contributed by atoms with Crippen LogP contribution in [-0.2, 0) is 11.2 Å². The van der Waals surface area contributed by atoms with Gasteiger partial charge in [-0.3, -0.25) is 9.59 Å². The Kier molecular flexibility index (Phi) is 9.28. The van der Waals surface area contributed by atoms with Crippen LogP contribution in [0.2, 0.25) is 5.02 Å². The van der Waals surface area contributed by atoms with E-state index in [4.69, 9.17) is 11.6 Å². The van der Waals surface area contributed by atoms with Crippen molar-refractivity contribution in [3.05, 3.63) is 106 Å². The van der Waals surface area contributed by atoms with Crippen LogP contribution in [0.15, 0.2) is 84.6 Å². The van der Waals surface area contributed by atoms with Gasteiger partial charge in [-0.2, -0.15) is 0 Å². The van der Waals surface area contributed by atoms with Crippen molar-refractivity contribution in [1.82, 2.24) is 5.32 Å². The molecule has 0 saturated carbocycles. The van der Waals surface area contributed by atoms with Crippen LogP contribution in [0, 0.1) is 0 Å². The highest BCUT2D eigenvalue weighted by molar-refractivity contribution is 6.30. The van der Waals surface area contributed by atoms with Crippen LogP contribution in [0.3, 0.4) is 0 Å². The summed E-state index contributed by atoms with van der Waals surface area (Å²) in [5, 5.41) is 6.23. The fourth-order valence-electron chi connectivity index (χ4n) is 3.38. The molecule has 2 amide bonds. The molecule has 0 aliphatic heterocycles. The molecule has 0 aliphatic rings. The molecule has 3 aromatic carbocycles. The number of amides is 2. The lowest BCUT2D eigenvalue weighted by Gasteiger charge is -2.12. The van der Waals surface area contributed by atoms with E-state index >= 15 is 0 Å². The minimum absolute atomic E-state index is 0.148. The summed E-state index contributed by atoms with van der Waals surface area (Å²) in [6.45, 7) is 2.20. The van der Waals surface area contributed by atoms with Crippen molar-refractivity contribution in [2.45, 2.75) is 39.0 Å². The number of anilines is 1. The highest BCUT2D eigenvalue weighted by Crippen LogP contribution is 2.16. The molecule has 0 fully saturated rings. The predicted octanol–water partition coefficient (Wildman–Crippen LogP) is 6.87. The third kappa shape index (κ3) is 7.92. The molecular formula is C28H29ClN2O2. The third-order valence-corrected chi connectivity index (χ3v) is 5.49. The zero-order valence-corrected chi connectivity index (χ0v) is 19.6. The topological polar surface area (TPSA) is 58.2 Å². The van der Waals surface area contributed by atoms with Crippen LogP contribution >= 0.6 is 11.6 Å². The van der Waals surface area contributed by atoms with Gasteiger partial charge in [0, 0.05) is 16.3 Å². The number of carbonyl (C=O) groups excluding carboxylic acids is 2. The van der Waals surface area contributed by atoms with E-state index in [1.54, 1.807) is 54.6 Å². The maximum Gasteiger partial charge on any atom is 0.272 e. The second-order valence-corrected chi connectivity index (χ2v) is 8.33. The molecule has 0 aromatic heterocycles. The van der Waals surface area contributed by atoms with E-state index in [0.717, 1.165) is 12.0 Å². The van der Waals surface area contributed by atoms with Gasteiger partial charge in [0.05, 0.1) is 0 Å². The van der Waals surface area contributed by atoms with Crippen molar-refractivity contribution in [3.8, 4) is 0 Å². The van der Waals surface area contributed by atoms with Crippen molar-refractivity contribution < 1.29 is 9.59 Å². The van der Waals surface area contributed by atoms with Gasteiger partial charge >= 0.3 is 0 Å². The number of hydrogen-bond acceptors (Lipinski definition) is 2. The molecule has 0 spiro atoms. The average molecular weight is 461 g/mol. The van der Waals surface area contributed by atoms with E-state index in [1.807, 2.05) is 30.3 Å². The van der Waals surface area contributed by atoms with Crippen molar-refractivity contribution in [3.63, 3.8) is 0 Å². The number of carbonyl (C=O) groups is 2. The molecule has 0 heterocycles. The number of rotatable bonds is 10. The second kappa shape index (κ2) is 12.6. The van der Waals surface area contributed by atoms with Gasteiger partial charge in [-0.05, 0) is 66.4 Å². The molecule has 0 radical (unpaired) electrons.